The van der Waals surface area contributed by atoms with Crippen molar-refractivity contribution >= 4 is 28.6 Å². The quantitative estimate of drug-likeness (QED) is 0.591. The van der Waals surface area contributed by atoms with Crippen LogP contribution in [0.2, 0.25) is 5.02 Å². The predicted octanol–water partition coefficient (Wildman–Crippen LogP) is 2.90. The van der Waals surface area contributed by atoms with E-state index in [4.69, 9.17) is 11.6 Å². The monoisotopic (exact) mass is 303 g/mol. The van der Waals surface area contributed by atoms with Crippen molar-refractivity contribution in [1.82, 2.24) is 14.6 Å². The highest BCUT2D eigenvalue weighted by Crippen LogP contribution is 2.26. The Morgan fingerprint density at radius 3 is 2.90 bits per heavy atom. The van der Waals surface area contributed by atoms with Crippen molar-refractivity contribution in [2.75, 3.05) is 5.32 Å². The number of non-ortho nitro benzene ring substituents is 1. The summed E-state index contributed by atoms with van der Waals surface area (Å²) in [6.45, 7) is 0.470. The van der Waals surface area contributed by atoms with Crippen molar-refractivity contribution in [3.05, 3.63) is 63.6 Å². The van der Waals surface area contributed by atoms with Crippen LogP contribution in [0.25, 0.3) is 5.65 Å². The number of halogens is 1. The Hall–Kier alpha value is -2.67. The van der Waals surface area contributed by atoms with E-state index in [1.54, 1.807) is 23.0 Å². The third-order valence-corrected chi connectivity index (χ3v) is 3.30. The number of fused-ring (bicyclic) bond motifs is 1. The fourth-order valence-electron chi connectivity index (χ4n) is 1.97. The summed E-state index contributed by atoms with van der Waals surface area (Å²) in [6, 6.07) is 7.96. The van der Waals surface area contributed by atoms with Crippen molar-refractivity contribution in [3.8, 4) is 0 Å². The van der Waals surface area contributed by atoms with Gasteiger partial charge in [-0.2, -0.15) is 5.10 Å². The van der Waals surface area contributed by atoms with Gasteiger partial charge in [0.2, 0.25) is 0 Å². The Labute approximate surface area is 124 Å². The SMILES string of the molecule is O=[N+]([O-])c1ccc(NCc2ccnc3ccnn23)c(Cl)c1. The molecule has 2 heterocycles. The highest BCUT2D eigenvalue weighted by Gasteiger charge is 2.09. The predicted molar refractivity (Wildman–Crippen MR) is 78.4 cm³/mol. The normalized spacial score (nSPS) is 10.7. The number of hydrogen-bond acceptors (Lipinski definition) is 5. The van der Waals surface area contributed by atoms with E-state index in [0.29, 0.717) is 17.3 Å². The van der Waals surface area contributed by atoms with E-state index in [9.17, 15) is 10.1 Å². The highest BCUT2D eigenvalue weighted by molar-refractivity contribution is 6.33. The number of nitro groups is 1. The largest absolute Gasteiger partial charge is 0.378 e. The standard InChI is InChI=1S/C13H10ClN5O2/c14-11-7-9(19(20)21)1-2-12(11)16-8-10-3-5-15-13-4-6-17-18(10)13/h1-7,16H,8H2. The fourth-order valence-corrected chi connectivity index (χ4v) is 2.21. The second kappa shape index (κ2) is 5.37. The number of nitrogens with zero attached hydrogens (tertiary/aromatic N) is 4. The van der Waals surface area contributed by atoms with Crippen LogP contribution in [0.4, 0.5) is 11.4 Å². The average Bonchev–Trinajstić information content (AvgIpc) is 2.94. The van der Waals surface area contributed by atoms with E-state index >= 15 is 0 Å². The first-order valence-electron chi connectivity index (χ1n) is 6.10. The molecule has 0 amide bonds. The van der Waals surface area contributed by atoms with Crippen LogP contribution in [-0.4, -0.2) is 19.5 Å². The van der Waals surface area contributed by atoms with Gasteiger partial charge in [0.15, 0.2) is 5.65 Å². The number of hydrogen-bond donors (Lipinski definition) is 1. The van der Waals surface area contributed by atoms with E-state index in [-0.39, 0.29) is 5.69 Å². The third-order valence-electron chi connectivity index (χ3n) is 2.99. The summed E-state index contributed by atoms with van der Waals surface area (Å²) in [5.74, 6) is 0. The molecule has 0 aliphatic heterocycles. The first-order chi connectivity index (χ1) is 10.1. The number of aromatic nitrogens is 3. The van der Waals surface area contributed by atoms with E-state index in [1.165, 1.54) is 12.1 Å². The van der Waals surface area contributed by atoms with Crippen LogP contribution in [0.15, 0.2) is 42.7 Å². The van der Waals surface area contributed by atoms with Crippen LogP contribution in [0.5, 0.6) is 0 Å². The molecule has 1 N–H and O–H groups in total. The lowest BCUT2D eigenvalue weighted by Gasteiger charge is -2.09. The van der Waals surface area contributed by atoms with Crippen LogP contribution in [0.3, 0.4) is 0 Å². The van der Waals surface area contributed by atoms with E-state index < -0.39 is 4.92 Å². The van der Waals surface area contributed by atoms with Gasteiger partial charge in [-0.05, 0) is 12.1 Å². The number of nitro benzene ring substituents is 1. The molecule has 0 spiro atoms. The molecule has 3 rings (SSSR count). The third kappa shape index (κ3) is 2.63. The van der Waals surface area contributed by atoms with E-state index in [0.717, 1.165) is 11.3 Å². The van der Waals surface area contributed by atoms with Gasteiger partial charge in [-0.15, -0.1) is 0 Å². The van der Waals surface area contributed by atoms with Crippen LogP contribution in [-0.2, 0) is 6.54 Å². The summed E-state index contributed by atoms with van der Waals surface area (Å²) >= 11 is 6.04. The van der Waals surface area contributed by atoms with Gasteiger partial charge < -0.3 is 5.32 Å². The van der Waals surface area contributed by atoms with Gasteiger partial charge in [0.05, 0.1) is 34.1 Å². The van der Waals surface area contributed by atoms with Gasteiger partial charge in [0, 0.05) is 24.4 Å². The number of benzene rings is 1. The Bertz CT molecular complexity index is 817. The zero-order chi connectivity index (χ0) is 14.8. The van der Waals surface area contributed by atoms with E-state index in [2.05, 4.69) is 15.4 Å². The van der Waals surface area contributed by atoms with Gasteiger partial charge in [0.25, 0.3) is 5.69 Å². The number of anilines is 1. The molecule has 0 unspecified atom stereocenters. The van der Waals surface area contributed by atoms with E-state index in [1.807, 2.05) is 12.1 Å². The van der Waals surface area contributed by atoms with Crippen LogP contribution < -0.4 is 5.32 Å². The van der Waals surface area contributed by atoms with Crippen LogP contribution in [0.1, 0.15) is 5.69 Å². The molecule has 0 atom stereocenters. The smallest absolute Gasteiger partial charge is 0.271 e. The molecule has 106 valence electrons. The van der Waals surface area contributed by atoms with Crippen molar-refractivity contribution in [3.63, 3.8) is 0 Å². The molecule has 2 aromatic heterocycles. The topological polar surface area (TPSA) is 85.4 Å². The molecule has 0 fully saturated rings. The van der Waals surface area contributed by atoms with Crippen molar-refractivity contribution < 1.29 is 4.92 Å². The molecule has 0 radical (unpaired) electrons. The molecule has 1 aromatic carbocycles. The average molecular weight is 304 g/mol. The molecule has 0 aliphatic rings. The summed E-state index contributed by atoms with van der Waals surface area (Å²) in [6.07, 6.45) is 3.37. The molecule has 7 nitrogen and oxygen atoms in total. The minimum Gasteiger partial charge on any atom is -0.378 e. The van der Waals surface area contributed by atoms with Gasteiger partial charge in [0.1, 0.15) is 0 Å². The first kappa shape index (κ1) is 13.3. The molecule has 0 saturated heterocycles. The summed E-state index contributed by atoms with van der Waals surface area (Å²) in [5.41, 5.74) is 2.24. The molecule has 3 aromatic rings. The van der Waals surface area contributed by atoms with Crippen molar-refractivity contribution in [2.45, 2.75) is 6.54 Å². The van der Waals surface area contributed by atoms with Gasteiger partial charge in [-0.1, -0.05) is 11.6 Å². The Balaban J connectivity index is 1.82. The minimum atomic E-state index is -0.480. The lowest BCUT2D eigenvalue weighted by atomic mass is 10.2. The molecule has 21 heavy (non-hydrogen) atoms. The van der Waals surface area contributed by atoms with Gasteiger partial charge in [-0.3, -0.25) is 10.1 Å². The fraction of sp³-hybridized carbons (Fsp3) is 0.0769. The summed E-state index contributed by atoms with van der Waals surface area (Å²) < 4.78 is 1.71. The highest BCUT2D eigenvalue weighted by atomic mass is 35.5. The second-order valence-corrected chi connectivity index (χ2v) is 4.72. The molecule has 8 heteroatoms. The maximum atomic E-state index is 10.7. The first-order valence-corrected chi connectivity index (χ1v) is 6.48. The maximum absolute atomic E-state index is 10.7. The van der Waals surface area contributed by atoms with Crippen LogP contribution in [0, 0.1) is 10.1 Å². The van der Waals surface area contributed by atoms with Gasteiger partial charge >= 0.3 is 0 Å². The molecule has 0 aliphatic carbocycles. The Kier molecular flexibility index (Phi) is 3.41. The number of rotatable bonds is 4. The molecular weight excluding hydrogens is 294 g/mol. The van der Waals surface area contributed by atoms with Crippen molar-refractivity contribution in [2.24, 2.45) is 0 Å². The Morgan fingerprint density at radius 1 is 1.29 bits per heavy atom. The molecule has 0 bridgehead atoms. The van der Waals surface area contributed by atoms with Crippen LogP contribution >= 0.6 is 11.6 Å². The zero-order valence-electron chi connectivity index (χ0n) is 10.7. The summed E-state index contributed by atoms with van der Waals surface area (Å²) in [5, 5.41) is 18.3. The summed E-state index contributed by atoms with van der Waals surface area (Å²) in [4.78, 5) is 14.4. The Morgan fingerprint density at radius 2 is 2.14 bits per heavy atom. The lowest BCUT2D eigenvalue weighted by molar-refractivity contribution is -0.384. The maximum Gasteiger partial charge on any atom is 0.271 e. The van der Waals surface area contributed by atoms with Gasteiger partial charge in [-0.25, -0.2) is 9.50 Å². The minimum absolute atomic E-state index is 0.0380. The lowest BCUT2D eigenvalue weighted by Crippen LogP contribution is -2.06. The summed E-state index contributed by atoms with van der Waals surface area (Å²) in [7, 11) is 0. The molecule has 0 saturated carbocycles. The second-order valence-electron chi connectivity index (χ2n) is 4.31. The molecular formula is C13H10ClN5O2. The zero-order valence-corrected chi connectivity index (χ0v) is 11.5. The van der Waals surface area contributed by atoms with Crippen molar-refractivity contribution in [1.29, 1.82) is 0 Å². The number of nitrogens with one attached hydrogen (secondary N) is 1.